The van der Waals surface area contributed by atoms with Gasteiger partial charge in [0.2, 0.25) is 0 Å². The summed E-state index contributed by atoms with van der Waals surface area (Å²) in [6, 6.07) is 9.34. The van der Waals surface area contributed by atoms with Crippen molar-refractivity contribution in [3.8, 4) is 0 Å². The van der Waals surface area contributed by atoms with Crippen LogP contribution in [0.5, 0.6) is 0 Å². The fraction of sp³-hybridized carbons (Fsp3) is 0.611. The second-order valence-electron chi connectivity index (χ2n) is 6.59. The van der Waals surface area contributed by atoms with Gasteiger partial charge in [0.1, 0.15) is 0 Å². The van der Waals surface area contributed by atoms with Gasteiger partial charge in [-0.15, -0.1) is 0 Å². The van der Waals surface area contributed by atoms with E-state index in [2.05, 4.69) is 29.3 Å². The molecule has 1 aliphatic heterocycles. The maximum absolute atomic E-state index is 12.4. The fourth-order valence-corrected chi connectivity index (χ4v) is 3.28. The quantitative estimate of drug-likeness (QED) is 0.926. The molecule has 2 amide bonds. The lowest BCUT2D eigenvalue weighted by Crippen LogP contribution is -2.47. The SMILES string of the molecule is CCc1ccc(NC(=O)N(C)C2CCN(C3CC3)CC2)cc1. The molecule has 4 heteroatoms. The third-order valence-corrected chi connectivity index (χ3v) is 5.04. The Morgan fingerprint density at radius 3 is 2.36 bits per heavy atom. The average molecular weight is 301 g/mol. The number of piperidine rings is 1. The molecule has 0 spiro atoms. The number of rotatable bonds is 4. The molecule has 0 unspecified atom stereocenters. The highest BCUT2D eigenvalue weighted by molar-refractivity contribution is 5.89. The van der Waals surface area contributed by atoms with Crippen molar-refractivity contribution < 1.29 is 4.79 Å². The van der Waals surface area contributed by atoms with Crippen molar-refractivity contribution in [2.24, 2.45) is 0 Å². The van der Waals surface area contributed by atoms with Crippen molar-refractivity contribution in [1.82, 2.24) is 9.80 Å². The fourth-order valence-electron chi connectivity index (χ4n) is 3.28. The maximum atomic E-state index is 12.4. The Labute approximate surface area is 133 Å². The van der Waals surface area contributed by atoms with Crippen molar-refractivity contribution in [3.63, 3.8) is 0 Å². The Bertz CT molecular complexity index is 502. The Morgan fingerprint density at radius 2 is 1.82 bits per heavy atom. The van der Waals surface area contributed by atoms with E-state index in [0.29, 0.717) is 6.04 Å². The summed E-state index contributed by atoms with van der Waals surface area (Å²) >= 11 is 0. The molecule has 1 N–H and O–H groups in total. The summed E-state index contributed by atoms with van der Waals surface area (Å²) in [4.78, 5) is 16.9. The van der Waals surface area contributed by atoms with Gasteiger partial charge in [-0.25, -0.2) is 4.79 Å². The second-order valence-corrected chi connectivity index (χ2v) is 6.59. The number of urea groups is 1. The molecular weight excluding hydrogens is 274 g/mol. The van der Waals surface area contributed by atoms with E-state index in [1.807, 2.05) is 24.1 Å². The molecule has 1 saturated carbocycles. The molecule has 1 heterocycles. The summed E-state index contributed by atoms with van der Waals surface area (Å²) in [5.74, 6) is 0. The second kappa shape index (κ2) is 6.69. The van der Waals surface area contributed by atoms with Crippen LogP contribution in [0.4, 0.5) is 10.5 Å². The zero-order chi connectivity index (χ0) is 15.5. The molecule has 3 rings (SSSR count). The molecular formula is C18H27N3O. The number of carbonyl (C=O) groups excluding carboxylic acids is 1. The minimum absolute atomic E-state index is 0.00844. The summed E-state index contributed by atoms with van der Waals surface area (Å²) in [6.07, 6.45) is 5.95. The first kappa shape index (κ1) is 15.3. The van der Waals surface area contributed by atoms with E-state index < -0.39 is 0 Å². The minimum Gasteiger partial charge on any atom is -0.325 e. The van der Waals surface area contributed by atoms with Crippen molar-refractivity contribution in [1.29, 1.82) is 0 Å². The first-order chi connectivity index (χ1) is 10.7. The van der Waals surface area contributed by atoms with Crippen LogP contribution in [-0.4, -0.2) is 48.1 Å². The van der Waals surface area contributed by atoms with Crippen LogP contribution in [0.15, 0.2) is 24.3 Å². The number of benzene rings is 1. The number of anilines is 1. The van der Waals surface area contributed by atoms with Crippen LogP contribution in [0.25, 0.3) is 0 Å². The normalized spacial score (nSPS) is 19.9. The number of hydrogen-bond donors (Lipinski definition) is 1. The summed E-state index contributed by atoms with van der Waals surface area (Å²) in [6.45, 7) is 4.41. The lowest BCUT2D eigenvalue weighted by atomic mass is 10.0. The van der Waals surface area contributed by atoms with E-state index in [9.17, 15) is 4.79 Å². The molecule has 1 aromatic carbocycles. The zero-order valence-corrected chi connectivity index (χ0v) is 13.7. The van der Waals surface area contributed by atoms with Crippen LogP contribution in [0.1, 0.15) is 38.2 Å². The average Bonchev–Trinajstić information content (AvgIpc) is 3.40. The van der Waals surface area contributed by atoms with Gasteiger partial charge in [0.05, 0.1) is 0 Å². The first-order valence-electron chi connectivity index (χ1n) is 8.54. The van der Waals surface area contributed by atoms with Gasteiger partial charge in [0, 0.05) is 37.9 Å². The van der Waals surface area contributed by atoms with E-state index in [-0.39, 0.29) is 6.03 Å². The number of nitrogens with zero attached hydrogens (tertiary/aromatic N) is 2. The molecule has 22 heavy (non-hydrogen) atoms. The predicted octanol–water partition coefficient (Wildman–Crippen LogP) is 3.34. The van der Waals surface area contributed by atoms with Gasteiger partial charge in [-0.05, 0) is 49.8 Å². The zero-order valence-electron chi connectivity index (χ0n) is 13.7. The molecule has 1 saturated heterocycles. The summed E-state index contributed by atoms with van der Waals surface area (Å²) in [5, 5.41) is 3.01. The number of amides is 2. The van der Waals surface area contributed by atoms with Gasteiger partial charge >= 0.3 is 6.03 Å². The van der Waals surface area contributed by atoms with Crippen molar-refractivity contribution in [2.75, 3.05) is 25.5 Å². The Kier molecular flexibility index (Phi) is 4.67. The van der Waals surface area contributed by atoms with Gasteiger partial charge in [0.25, 0.3) is 0 Å². The van der Waals surface area contributed by atoms with Crippen molar-refractivity contribution in [2.45, 2.75) is 51.1 Å². The van der Waals surface area contributed by atoms with E-state index in [1.165, 1.54) is 18.4 Å². The third-order valence-electron chi connectivity index (χ3n) is 5.04. The Morgan fingerprint density at radius 1 is 1.18 bits per heavy atom. The van der Waals surface area contributed by atoms with Crippen LogP contribution in [0, 0.1) is 0 Å². The van der Waals surface area contributed by atoms with Gasteiger partial charge in [0.15, 0.2) is 0 Å². The number of hydrogen-bond acceptors (Lipinski definition) is 2. The van der Waals surface area contributed by atoms with E-state index >= 15 is 0 Å². The summed E-state index contributed by atoms with van der Waals surface area (Å²) < 4.78 is 0. The molecule has 2 fully saturated rings. The summed E-state index contributed by atoms with van der Waals surface area (Å²) in [5.41, 5.74) is 2.17. The highest BCUT2D eigenvalue weighted by atomic mass is 16.2. The van der Waals surface area contributed by atoms with E-state index in [4.69, 9.17) is 0 Å². The standard InChI is InChI=1S/C18H27N3O/c1-3-14-4-6-15(7-5-14)19-18(22)20(2)16-10-12-21(13-11-16)17-8-9-17/h4-7,16-17H,3,8-13H2,1-2H3,(H,19,22). The monoisotopic (exact) mass is 301 g/mol. The van der Waals surface area contributed by atoms with Gasteiger partial charge < -0.3 is 15.1 Å². The number of likely N-dealkylation sites (tertiary alicyclic amines) is 1. The van der Waals surface area contributed by atoms with Gasteiger partial charge in [-0.2, -0.15) is 0 Å². The number of aryl methyl sites for hydroxylation is 1. The molecule has 1 aromatic rings. The molecule has 0 bridgehead atoms. The maximum Gasteiger partial charge on any atom is 0.321 e. The van der Waals surface area contributed by atoms with E-state index in [1.54, 1.807) is 0 Å². The largest absolute Gasteiger partial charge is 0.325 e. The molecule has 4 nitrogen and oxygen atoms in total. The van der Waals surface area contributed by atoms with Crippen LogP contribution in [0.3, 0.4) is 0 Å². The molecule has 0 atom stereocenters. The Hall–Kier alpha value is -1.55. The van der Waals surface area contributed by atoms with E-state index in [0.717, 1.165) is 44.1 Å². The molecule has 0 aromatic heterocycles. The molecule has 0 radical (unpaired) electrons. The molecule has 120 valence electrons. The van der Waals surface area contributed by atoms with Crippen LogP contribution in [-0.2, 0) is 6.42 Å². The Balaban J connectivity index is 1.50. The third kappa shape index (κ3) is 3.61. The smallest absolute Gasteiger partial charge is 0.321 e. The topological polar surface area (TPSA) is 35.6 Å². The molecule has 1 aliphatic carbocycles. The van der Waals surface area contributed by atoms with Gasteiger partial charge in [-0.3, -0.25) is 0 Å². The highest BCUT2D eigenvalue weighted by Crippen LogP contribution is 2.30. The van der Waals surface area contributed by atoms with Crippen LogP contribution < -0.4 is 5.32 Å². The number of nitrogens with one attached hydrogen (secondary N) is 1. The van der Waals surface area contributed by atoms with Crippen molar-refractivity contribution in [3.05, 3.63) is 29.8 Å². The first-order valence-corrected chi connectivity index (χ1v) is 8.54. The number of carbonyl (C=O) groups is 1. The summed E-state index contributed by atoms with van der Waals surface area (Å²) in [7, 11) is 1.92. The van der Waals surface area contributed by atoms with Crippen LogP contribution >= 0.6 is 0 Å². The van der Waals surface area contributed by atoms with Crippen molar-refractivity contribution >= 4 is 11.7 Å². The minimum atomic E-state index is 0.00844. The van der Waals surface area contributed by atoms with Gasteiger partial charge in [-0.1, -0.05) is 19.1 Å². The predicted molar refractivity (Wildman–Crippen MR) is 90.2 cm³/mol. The lowest BCUT2D eigenvalue weighted by molar-refractivity contribution is 0.137. The highest BCUT2D eigenvalue weighted by Gasteiger charge is 2.33. The van der Waals surface area contributed by atoms with Crippen LogP contribution in [0.2, 0.25) is 0 Å². The lowest BCUT2D eigenvalue weighted by Gasteiger charge is -2.36. The molecule has 2 aliphatic rings.